The van der Waals surface area contributed by atoms with Crippen molar-refractivity contribution >= 4 is 29.5 Å². The van der Waals surface area contributed by atoms with E-state index in [0.29, 0.717) is 18.8 Å². The van der Waals surface area contributed by atoms with Crippen molar-refractivity contribution in [2.75, 3.05) is 13.2 Å². The van der Waals surface area contributed by atoms with E-state index in [1.165, 1.54) is 18.2 Å². The number of non-ortho nitro benzene ring substituents is 1. The summed E-state index contributed by atoms with van der Waals surface area (Å²) in [5, 5.41) is 17.7. The summed E-state index contributed by atoms with van der Waals surface area (Å²) in [7, 11) is 0. The molecule has 1 fully saturated rings. The van der Waals surface area contributed by atoms with Gasteiger partial charge in [0.1, 0.15) is 11.5 Å². The van der Waals surface area contributed by atoms with Gasteiger partial charge in [0.25, 0.3) is 11.6 Å². The molecule has 1 aliphatic carbocycles. The lowest BCUT2D eigenvalue weighted by Gasteiger charge is -2.29. The Morgan fingerprint density at radius 1 is 1.00 bits per heavy atom. The highest BCUT2D eigenvalue weighted by atomic mass is 16.6. The average molecular weight is 552 g/mol. The maximum atomic E-state index is 13.6. The number of amides is 1. The molecule has 1 aliphatic heterocycles. The third-order valence-electron chi connectivity index (χ3n) is 7.29. The number of ether oxygens (including phenoxy) is 2. The van der Waals surface area contributed by atoms with Crippen molar-refractivity contribution in [2.45, 2.75) is 39.2 Å². The number of carbonyl (C=O) groups excluding carboxylic acids is 1. The first kappa shape index (κ1) is 27.8. The number of hydrazone groups is 1. The molecule has 0 bridgehead atoms. The summed E-state index contributed by atoms with van der Waals surface area (Å²) in [5.74, 6) is 1.37. The van der Waals surface area contributed by atoms with Gasteiger partial charge in [0.2, 0.25) is 0 Å². The number of carbonyl (C=O) groups is 1. The normalized spacial score (nSPS) is 19.2. The molecule has 0 N–H and O–H groups in total. The van der Waals surface area contributed by atoms with Crippen molar-refractivity contribution in [2.24, 2.45) is 11.0 Å². The first-order chi connectivity index (χ1) is 20.0. The Hall–Kier alpha value is -4.72. The largest absolute Gasteiger partial charge is 0.494 e. The van der Waals surface area contributed by atoms with Crippen LogP contribution in [0.1, 0.15) is 55.8 Å². The topological polar surface area (TPSA) is 94.3 Å². The summed E-state index contributed by atoms with van der Waals surface area (Å²) in [4.78, 5) is 24.4. The fourth-order valence-electron chi connectivity index (χ4n) is 5.46. The lowest BCUT2D eigenvalue weighted by Crippen LogP contribution is -2.30. The van der Waals surface area contributed by atoms with E-state index in [4.69, 9.17) is 14.6 Å². The Labute approximate surface area is 239 Å². The molecule has 0 aromatic heterocycles. The molecule has 3 aromatic carbocycles. The fraction of sp³-hybridized carbons (Fsp3) is 0.273. The lowest BCUT2D eigenvalue weighted by atomic mass is 9.77. The van der Waals surface area contributed by atoms with Crippen LogP contribution in [-0.2, 0) is 4.79 Å². The van der Waals surface area contributed by atoms with Crippen LogP contribution in [-0.4, -0.2) is 34.8 Å². The van der Waals surface area contributed by atoms with Gasteiger partial charge >= 0.3 is 0 Å². The highest BCUT2D eigenvalue weighted by Crippen LogP contribution is 2.44. The van der Waals surface area contributed by atoms with E-state index in [2.05, 4.69) is 6.08 Å². The molecular weight excluding hydrogens is 518 g/mol. The van der Waals surface area contributed by atoms with Crippen molar-refractivity contribution in [1.29, 1.82) is 0 Å². The van der Waals surface area contributed by atoms with Gasteiger partial charge in [0.05, 0.1) is 29.9 Å². The number of fused-ring (bicyclic) bond motifs is 1. The molecule has 3 aromatic rings. The molecule has 5 rings (SSSR count). The predicted octanol–water partition coefficient (Wildman–Crippen LogP) is 7.23. The first-order valence-corrected chi connectivity index (χ1v) is 14.0. The third kappa shape index (κ3) is 6.38. The van der Waals surface area contributed by atoms with Gasteiger partial charge in [-0.25, -0.2) is 5.01 Å². The Morgan fingerprint density at radius 3 is 2.34 bits per heavy atom. The van der Waals surface area contributed by atoms with Crippen LogP contribution >= 0.6 is 0 Å². The van der Waals surface area contributed by atoms with Crippen molar-refractivity contribution in [3.8, 4) is 11.5 Å². The van der Waals surface area contributed by atoms with Gasteiger partial charge < -0.3 is 9.47 Å². The van der Waals surface area contributed by atoms with Gasteiger partial charge in [0, 0.05) is 24.1 Å². The van der Waals surface area contributed by atoms with Gasteiger partial charge in [-0.2, -0.15) is 5.10 Å². The number of nitro benzene ring substituents is 1. The molecule has 0 radical (unpaired) electrons. The zero-order valence-electron chi connectivity index (χ0n) is 23.2. The summed E-state index contributed by atoms with van der Waals surface area (Å²) in [6.07, 6.45) is 7.98. The summed E-state index contributed by atoms with van der Waals surface area (Å²) in [5.41, 5.74) is 4.64. The van der Waals surface area contributed by atoms with Gasteiger partial charge in [-0.1, -0.05) is 36.4 Å². The SMILES string of the molecule is CCOc1ccc(/C=C2/CCC[C@H]3C2=NN(C(=O)/C=C/c2cccc([N+](=O)[O-])c2)[C@@H]3c2ccc(OCC)cc2)cc1. The molecule has 2 aliphatic rings. The molecular formula is C33H33N3O5. The van der Waals surface area contributed by atoms with E-state index in [1.54, 1.807) is 23.2 Å². The maximum Gasteiger partial charge on any atom is 0.270 e. The highest BCUT2D eigenvalue weighted by molar-refractivity contribution is 6.08. The number of rotatable bonds is 9. The second-order valence-electron chi connectivity index (χ2n) is 9.97. The minimum Gasteiger partial charge on any atom is -0.494 e. The summed E-state index contributed by atoms with van der Waals surface area (Å²) in [6.45, 7) is 5.10. The molecule has 1 amide bonds. The van der Waals surface area contributed by atoms with Crippen LogP contribution in [0, 0.1) is 16.0 Å². The van der Waals surface area contributed by atoms with Crippen LogP contribution in [0.4, 0.5) is 5.69 Å². The molecule has 41 heavy (non-hydrogen) atoms. The maximum absolute atomic E-state index is 13.6. The zero-order chi connectivity index (χ0) is 28.8. The summed E-state index contributed by atoms with van der Waals surface area (Å²) >= 11 is 0. The molecule has 8 nitrogen and oxygen atoms in total. The van der Waals surface area contributed by atoms with Crippen LogP contribution in [0.2, 0.25) is 0 Å². The smallest absolute Gasteiger partial charge is 0.270 e. The molecule has 1 heterocycles. The van der Waals surface area contributed by atoms with E-state index in [9.17, 15) is 14.9 Å². The van der Waals surface area contributed by atoms with Crippen molar-refractivity contribution < 1.29 is 19.2 Å². The number of hydrogen-bond donors (Lipinski definition) is 0. The highest BCUT2D eigenvalue weighted by Gasteiger charge is 2.43. The number of benzene rings is 3. The van der Waals surface area contributed by atoms with Gasteiger partial charge in [-0.05, 0) is 91.8 Å². The van der Waals surface area contributed by atoms with Crippen LogP contribution in [0.5, 0.6) is 11.5 Å². The fourth-order valence-corrected chi connectivity index (χ4v) is 5.46. The molecule has 210 valence electrons. The number of allylic oxidation sites excluding steroid dienone is 1. The molecule has 0 spiro atoms. The van der Waals surface area contributed by atoms with Gasteiger partial charge in [0.15, 0.2) is 0 Å². The summed E-state index contributed by atoms with van der Waals surface area (Å²) < 4.78 is 11.2. The second-order valence-corrected chi connectivity index (χ2v) is 9.97. The number of nitrogens with zero attached hydrogens (tertiary/aromatic N) is 3. The van der Waals surface area contributed by atoms with Crippen LogP contribution in [0.15, 0.2) is 89.5 Å². The van der Waals surface area contributed by atoms with E-state index in [-0.39, 0.29) is 23.6 Å². The molecule has 2 atom stereocenters. The second kappa shape index (κ2) is 12.6. The van der Waals surface area contributed by atoms with E-state index >= 15 is 0 Å². The quantitative estimate of drug-likeness (QED) is 0.159. The minimum atomic E-state index is -0.448. The number of hydrogen-bond acceptors (Lipinski definition) is 6. The lowest BCUT2D eigenvalue weighted by molar-refractivity contribution is -0.384. The molecule has 8 heteroatoms. The summed E-state index contributed by atoms with van der Waals surface area (Å²) in [6, 6.07) is 21.8. The van der Waals surface area contributed by atoms with Crippen molar-refractivity contribution in [3.05, 3.63) is 111 Å². The van der Waals surface area contributed by atoms with Crippen molar-refractivity contribution in [1.82, 2.24) is 5.01 Å². The van der Waals surface area contributed by atoms with Crippen molar-refractivity contribution in [3.63, 3.8) is 0 Å². The Bertz CT molecular complexity index is 1490. The minimum absolute atomic E-state index is 0.0247. The average Bonchev–Trinajstić information content (AvgIpc) is 3.39. The monoisotopic (exact) mass is 551 g/mol. The Kier molecular flexibility index (Phi) is 8.58. The third-order valence-corrected chi connectivity index (χ3v) is 7.29. The van der Waals surface area contributed by atoms with Crippen LogP contribution in [0.3, 0.4) is 0 Å². The van der Waals surface area contributed by atoms with Crippen LogP contribution in [0.25, 0.3) is 12.2 Å². The van der Waals surface area contributed by atoms with Crippen LogP contribution < -0.4 is 9.47 Å². The van der Waals surface area contributed by atoms with Gasteiger partial charge in [-0.15, -0.1) is 0 Å². The molecule has 0 saturated heterocycles. The van der Waals surface area contributed by atoms with E-state index in [0.717, 1.165) is 53.2 Å². The number of nitro groups is 1. The first-order valence-electron chi connectivity index (χ1n) is 14.0. The Morgan fingerprint density at radius 2 is 1.68 bits per heavy atom. The molecule has 0 unspecified atom stereocenters. The van der Waals surface area contributed by atoms with E-state index in [1.807, 2.05) is 62.4 Å². The van der Waals surface area contributed by atoms with E-state index < -0.39 is 4.92 Å². The molecule has 1 saturated carbocycles. The Balaban J connectivity index is 1.48. The standard InChI is InChI=1S/C33H33N3O5/c1-3-40-28-16-11-24(12-17-28)21-26-8-6-10-30-32(26)34-35(33(30)25-14-18-29(19-15-25)41-4-2)31(37)20-13-23-7-5-9-27(22-23)36(38)39/h5,7,9,11-22,30,33H,3-4,6,8,10H2,1-2H3/b20-13+,26-21-/t30-,33+/m0/s1. The predicted molar refractivity (Wildman–Crippen MR) is 160 cm³/mol. The zero-order valence-corrected chi connectivity index (χ0v) is 23.2. The van der Waals surface area contributed by atoms with Gasteiger partial charge in [-0.3, -0.25) is 14.9 Å².